The Morgan fingerprint density at radius 3 is 2.44 bits per heavy atom. The number of rotatable bonds is 2. The number of carbonyl (C=O) groups is 2. The van der Waals surface area contributed by atoms with Crippen molar-refractivity contribution < 1.29 is 14.7 Å². The van der Waals surface area contributed by atoms with E-state index in [-0.39, 0.29) is 11.3 Å². The van der Waals surface area contributed by atoms with Crippen molar-refractivity contribution in [3.8, 4) is 0 Å². The molecule has 0 bridgehead atoms. The highest BCUT2D eigenvalue weighted by atomic mass is 16.4. The molecule has 0 atom stereocenters. The second-order valence-corrected chi connectivity index (χ2v) is 5.14. The standard InChI is InChI=1S/C12H19NO3/c1-12(2,3)9-4-6-13(7-5-9)10(14)8-11(15)16/h4H,5-8H2,1-3H3,(H,15,16). The number of aliphatic carboxylic acids is 1. The Hall–Kier alpha value is -1.32. The van der Waals surface area contributed by atoms with Crippen molar-refractivity contribution >= 4 is 11.9 Å². The molecule has 90 valence electrons. The maximum atomic E-state index is 11.5. The number of hydrogen-bond acceptors (Lipinski definition) is 2. The molecule has 0 saturated carbocycles. The quantitative estimate of drug-likeness (QED) is 0.574. The molecule has 0 radical (unpaired) electrons. The molecule has 1 N–H and O–H groups in total. The Morgan fingerprint density at radius 2 is 2.06 bits per heavy atom. The second kappa shape index (κ2) is 4.68. The molecule has 4 heteroatoms. The molecule has 0 aromatic carbocycles. The van der Waals surface area contributed by atoms with Crippen molar-refractivity contribution in [2.24, 2.45) is 5.41 Å². The van der Waals surface area contributed by atoms with Gasteiger partial charge in [-0.2, -0.15) is 0 Å². The van der Waals surface area contributed by atoms with Crippen LogP contribution in [0.15, 0.2) is 11.6 Å². The van der Waals surface area contributed by atoms with Gasteiger partial charge in [0.05, 0.1) is 0 Å². The highest BCUT2D eigenvalue weighted by Crippen LogP contribution is 2.30. The first kappa shape index (κ1) is 12.7. The molecule has 1 aliphatic rings. The zero-order valence-corrected chi connectivity index (χ0v) is 10.1. The van der Waals surface area contributed by atoms with Crippen molar-refractivity contribution in [3.63, 3.8) is 0 Å². The Labute approximate surface area is 95.9 Å². The Balaban J connectivity index is 2.57. The van der Waals surface area contributed by atoms with E-state index in [1.165, 1.54) is 5.57 Å². The molecular formula is C12H19NO3. The summed E-state index contributed by atoms with van der Waals surface area (Å²) < 4.78 is 0. The van der Waals surface area contributed by atoms with Gasteiger partial charge in [0.25, 0.3) is 0 Å². The lowest BCUT2D eigenvalue weighted by Gasteiger charge is -2.32. The minimum Gasteiger partial charge on any atom is -0.481 e. The fraction of sp³-hybridized carbons (Fsp3) is 0.667. The molecule has 0 spiro atoms. The smallest absolute Gasteiger partial charge is 0.312 e. The largest absolute Gasteiger partial charge is 0.481 e. The first-order valence-electron chi connectivity index (χ1n) is 5.50. The highest BCUT2D eigenvalue weighted by Gasteiger charge is 2.24. The first-order chi connectivity index (χ1) is 7.30. The van der Waals surface area contributed by atoms with Crippen LogP contribution in [0.4, 0.5) is 0 Å². The fourth-order valence-electron chi connectivity index (χ4n) is 1.82. The molecule has 0 aromatic heterocycles. The van der Waals surface area contributed by atoms with E-state index in [9.17, 15) is 9.59 Å². The number of carbonyl (C=O) groups excluding carboxylic acids is 1. The molecule has 0 unspecified atom stereocenters. The van der Waals surface area contributed by atoms with Crippen LogP contribution < -0.4 is 0 Å². The van der Waals surface area contributed by atoms with Crippen LogP contribution in [0.2, 0.25) is 0 Å². The molecule has 0 aromatic rings. The van der Waals surface area contributed by atoms with Crippen LogP contribution in [0, 0.1) is 5.41 Å². The topological polar surface area (TPSA) is 57.6 Å². The number of hydrogen-bond donors (Lipinski definition) is 1. The van der Waals surface area contributed by atoms with Gasteiger partial charge in [-0.1, -0.05) is 32.4 Å². The summed E-state index contributed by atoms with van der Waals surface area (Å²) in [6, 6.07) is 0. The van der Waals surface area contributed by atoms with Gasteiger partial charge in [-0.3, -0.25) is 9.59 Å². The average molecular weight is 225 g/mol. The van der Waals surface area contributed by atoms with Crippen LogP contribution in [0.1, 0.15) is 33.6 Å². The summed E-state index contributed by atoms with van der Waals surface area (Å²) in [5.41, 5.74) is 1.48. The lowest BCUT2D eigenvalue weighted by atomic mass is 9.83. The lowest BCUT2D eigenvalue weighted by molar-refractivity contribution is -0.144. The van der Waals surface area contributed by atoms with Crippen LogP contribution in [0.25, 0.3) is 0 Å². The third-order valence-corrected chi connectivity index (χ3v) is 2.83. The second-order valence-electron chi connectivity index (χ2n) is 5.14. The minimum atomic E-state index is -1.06. The Kier molecular flexibility index (Phi) is 3.73. The number of carboxylic acid groups (broad SMARTS) is 1. The van der Waals surface area contributed by atoms with E-state index in [0.29, 0.717) is 13.1 Å². The Morgan fingerprint density at radius 1 is 1.44 bits per heavy atom. The number of carboxylic acids is 1. The first-order valence-corrected chi connectivity index (χ1v) is 5.50. The molecule has 4 nitrogen and oxygen atoms in total. The molecule has 0 aliphatic carbocycles. The van der Waals surface area contributed by atoms with Crippen LogP contribution in [0.3, 0.4) is 0 Å². The van der Waals surface area contributed by atoms with Crippen molar-refractivity contribution in [2.75, 3.05) is 13.1 Å². The summed E-state index contributed by atoms with van der Waals surface area (Å²) in [6.07, 6.45) is 2.48. The van der Waals surface area contributed by atoms with Crippen molar-refractivity contribution in [3.05, 3.63) is 11.6 Å². The summed E-state index contributed by atoms with van der Waals surface area (Å²) in [7, 11) is 0. The van der Waals surface area contributed by atoms with Gasteiger partial charge in [0.15, 0.2) is 0 Å². The molecule has 0 saturated heterocycles. The van der Waals surface area contributed by atoms with Gasteiger partial charge in [0, 0.05) is 13.1 Å². The summed E-state index contributed by atoms with van der Waals surface area (Å²) >= 11 is 0. The van der Waals surface area contributed by atoms with Crippen LogP contribution in [-0.2, 0) is 9.59 Å². The molecule has 0 fully saturated rings. The molecule has 1 amide bonds. The van der Waals surface area contributed by atoms with E-state index < -0.39 is 12.4 Å². The third kappa shape index (κ3) is 3.36. The monoisotopic (exact) mass is 225 g/mol. The molecule has 1 rings (SSSR count). The molecule has 16 heavy (non-hydrogen) atoms. The summed E-state index contributed by atoms with van der Waals surface area (Å²) in [6.45, 7) is 7.61. The van der Waals surface area contributed by atoms with Crippen molar-refractivity contribution in [1.29, 1.82) is 0 Å². The van der Waals surface area contributed by atoms with Crippen LogP contribution in [-0.4, -0.2) is 35.0 Å². The predicted octanol–water partition coefficient (Wildman–Crippen LogP) is 1.67. The zero-order chi connectivity index (χ0) is 12.3. The maximum Gasteiger partial charge on any atom is 0.312 e. The van der Waals surface area contributed by atoms with Crippen molar-refractivity contribution in [1.82, 2.24) is 4.90 Å². The SMILES string of the molecule is CC(C)(C)C1=CCN(C(=O)CC(=O)O)CC1. The average Bonchev–Trinajstić information content (AvgIpc) is 2.15. The normalized spacial score (nSPS) is 16.9. The molecule has 1 aliphatic heterocycles. The van der Waals surface area contributed by atoms with Gasteiger partial charge in [-0.15, -0.1) is 0 Å². The molecular weight excluding hydrogens is 206 g/mol. The van der Waals surface area contributed by atoms with Gasteiger partial charge < -0.3 is 10.0 Å². The van der Waals surface area contributed by atoms with Gasteiger partial charge in [-0.25, -0.2) is 0 Å². The number of amides is 1. The van der Waals surface area contributed by atoms with Crippen LogP contribution in [0.5, 0.6) is 0 Å². The summed E-state index contributed by atoms with van der Waals surface area (Å²) in [4.78, 5) is 23.5. The number of nitrogens with zero attached hydrogens (tertiary/aromatic N) is 1. The van der Waals surface area contributed by atoms with E-state index in [1.54, 1.807) is 4.90 Å². The van der Waals surface area contributed by atoms with E-state index >= 15 is 0 Å². The zero-order valence-electron chi connectivity index (χ0n) is 10.1. The van der Waals surface area contributed by atoms with E-state index in [0.717, 1.165) is 6.42 Å². The van der Waals surface area contributed by atoms with Gasteiger partial charge >= 0.3 is 5.97 Å². The van der Waals surface area contributed by atoms with Crippen LogP contribution >= 0.6 is 0 Å². The predicted molar refractivity (Wildman–Crippen MR) is 61.0 cm³/mol. The maximum absolute atomic E-state index is 11.5. The minimum absolute atomic E-state index is 0.141. The van der Waals surface area contributed by atoms with Gasteiger partial charge in [0.2, 0.25) is 5.91 Å². The van der Waals surface area contributed by atoms with Gasteiger partial charge in [0.1, 0.15) is 6.42 Å². The van der Waals surface area contributed by atoms with Gasteiger partial charge in [-0.05, 0) is 11.8 Å². The van der Waals surface area contributed by atoms with E-state index in [1.807, 2.05) is 6.08 Å². The van der Waals surface area contributed by atoms with Crippen molar-refractivity contribution in [2.45, 2.75) is 33.6 Å². The van der Waals surface area contributed by atoms with E-state index in [2.05, 4.69) is 20.8 Å². The van der Waals surface area contributed by atoms with E-state index in [4.69, 9.17) is 5.11 Å². The molecule has 1 heterocycles. The fourth-order valence-corrected chi connectivity index (χ4v) is 1.82. The lowest BCUT2D eigenvalue weighted by Crippen LogP contribution is -2.37. The highest BCUT2D eigenvalue weighted by molar-refractivity contribution is 5.93. The third-order valence-electron chi connectivity index (χ3n) is 2.83. The summed E-state index contributed by atoms with van der Waals surface area (Å²) in [5, 5.41) is 8.53. The summed E-state index contributed by atoms with van der Waals surface area (Å²) in [5.74, 6) is -1.35. The Bertz CT molecular complexity index is 326.